The lowest BCUT2D eigenvalue weighted by atomic mass is 9.99. The topological polar surface area (TPSA) is 84.0 Å². The Hall–Kier alpha value is -3.70. The molecule has 226 valence electrons. The van der Waals surface area contributed by atoms with Crippen molar-refractivity contribution >= 4 is 17.3 Å². The highest BCUT2D eigenvalue weighted by Crippen LogP contribution is 2.35. The third-order valence-corrected chi connectivity index (χ3v) is 8.01. The number of aryl methyl sites for hydroxylation is 1. The van der Waals surface area contributed by atoms with Crippen molar-refractivity contribution in [3.63, 3.8) is 0 Å². The van der Waals surface area contributed by atoms with Crippen LogP contribution in [0.3, 0.4) is 0 Å². The first-order valence-electron chi connectivity index (χ1n) is 14.4. The minimum absolute atomic E-state index is 0.0335. The number of piperidine rings is 1. The predicted octanol–water partition coefficient (Wildman–Crippen LogP) is 5.05. The van der Waals surface area contributed by atoms with Gasteiger partial charge in [-0.25, -0.2) is 18.7 Å². The molecule has 0 spiro atoms. The largest absolute Gasteiger partial charge is 0.495 e. The molecule has 9 nitrogen and oxygen atoms in total. The van der Waals surface area contributed by atoms with Crippen LogP contribution in [0.4, 0.5) is 26.1 Å². The van der Waals surface area contributed by atoms with E-state index in [1.54, 1.807) is 14.0 Å². The number of anilines is 3. The normalized spacial score (nSPS) is 19.9. The van der Waals surface area contributed by atoms with Gasteiger partial charge in [0.05, 0.1) is 37.9 Å². The van der Waals surface area contributed by atoms with Crippen molar-refractivity contribution in [1.29, 1.82) is 0 Å². The first-order chi connectivity index (χ1) is 20.2. The highest BCUT2D eigenvalue weighted by atomic mass is 19.1. The lowest BCUT2D eigenvalue weighted by Gasteiger charge is -2.44. The number of ether oxygens (including phenoxy) is 3. The van der Waals surface area contributed by atoms with E-state index < -0.39 is 11.6 Å². The monoisotopic (exact) mass is 582 g/mol. The van der Waals surface area contributed by atoms with Crippen molar-refractivity contribution in [3.8, 4) is 17.2 Å². The first kappa shape index (κ1) is 29.8. The number of piperazine rings is 1. The number of rotatable bonds is 9. The minimum Gasteiger partial charge on any atom is -0.495 e. The molecule has 2 saturated heterocycles. The number of hydrogen-bond donors (Lipinski definition) is 2. The van der Waals surface area contributed by atoms with Crippen LogP contribution in [0.1, 0.15) is 37.8 Å². The van der Waals surface area contributed by atoms with Crippen molar-refractivity contribution in [2.75, 3.05) is 50.6 Å². The molecule has 2 aliphatic rings. The first-order valence-corrected chi connectivity index (χ1v) is 14.4. The van der Waals surface area contributed by atoms with Gasteiger partial charge < -0.3 is 29.7 Å². The zero-order chi connectivity index (χ0) is 29.8. The summed E-state index contributed by atoms with van der Waals surface area (Å²) in [4.78, 5) is 13.6. The van der Waals surface area contributed by atoms with Gasteiger partial charge in [-0.3, -0.25) is 4.90 Å². The molecule has 2 aromatic carbocycles. The van der Waals surface area contributed by atoms with Gasteiger partial charge in [0.25, 0.3) is 0 Å². The third kappa shape index (κ3) is 6.68. The SMILES string of the molecule is COc1cc(Nc2ncc(OCc3c(F)c(C)cc(OC)c3F)cn2)ccc1N1CCC(N2C[C@@H](C)N[C@@H](C)C2)CC1. The molecule has 2 atom stereocenters. The smallest absolute Gasteiger partial charge is 0.227 e. The summed E-state index contributed by atoms with van der Waals surface area (Å²) in [5.74, 6) is -0.0781. The van der Waals surface area contributed by atoms with Gasteiger partial charge in [-0.2, -0.15) is 0 Å². The summed E-state index contributed by atoms with van der Waals surface area (Å²) in [7, 11) is 3.01. The summed E-state index contributed by atoms with van der Waals surface area (Å²) in [6.45, 7) is 9.92. The van der Waals surface area contributed by atoms with Gasteiger partial charge >= 0.3 is 0 Å². The highest BCUT2D eigenvalue weighted by Gasteiger charge is 2.30. The molecule has 0 radical (unpaired) electrons. The van der Waals surface area contributed by atoms with Crippen molar-refractivity contribution < 1.29 is 23.0 Å². The lowest BCUT2D eigenvalue weighted by Crippen LogP contribution is -2.58. The predicted molar refractivity (Wildman–Crippen MR) is 159 cm³/mol. The van der Waals surface area contributed by atoms with E-state index in [1.807, 2.05) is 12.1 Å². The fourth-order valence-electron chi connectivity index (χ4n) is 5.98. The van der Waals surface area contributed by atoms with Gasteiger partial charge in [-0.05, 0) is 57.4 Å². The Kier molecular flexibility index (Phi) is 9.27. The van der Waals surface area contributed by atoms with Crippen molar-refractivity contribution in [2.24, 2.45) is 0 Å². The second kappa shape index (κ2) is 13.1. The van der Waals surface area contributed by atoms with E-state index in [-0.39, 0.29) is 29.2 Å². The Bertz CT molecular complexity index is 1360. The maximum absolute atomic E-state index is 14.5. The van der Waals surface area contributed by atoms with Crippen LogP contribution in [0.15, 0.2) is 36.7 Å². The number of hydrogen-bond acceptors (Lipinski definition) is 9. The van der Waals surface area contributed by atoms with Gasteiger partial charge in [0, 0.05) is 56.1 Å². The van der Waals surface area contributed by atoms with Gasteiger partial charge in [-0.15, -0.1) is 0 Å². The number of benzene rings is 2. The lowest BCUT2D eigenvalue weighted by molar-refractivity contribution is 0.107. The summed E-state index contributed by atoms with van der Waals surface area (Å²) in [6, 6.07) is 8.96. The molecule has 11 heteroatoms. The Morgan fingerprint density at radius 1 is 0.952 bits per heavy atom. The Morgan fingerprint density at radius 3 is 2.26 bits per heavy atom. The van der Waals surface area contributed by atoms with E-state index in [4.69, 9.17) is 14.2 Å². The minimum atomic E-state index is -0.787. The average Bonchev–Trinajstić information content (AvgIpc) is 2.99. The van der Waals surface area contributed by atoms with Crippen molar-refractivity contribution in [3.05, 3.63) is 59.4 Å². The van der Waals surface area contributed by atoms with E-state index >= 15 is 0 Å². The molecule has 0 saturated carbocycles. The maximum Gasteiger partial charge on any atom is 0.227 e. The maximum atomic E-state index is 14.5. The van der Waals surface area contributed by atoms with E-state index in [0.29, 0.717) is 24.1 Å². The van der Waals surface area contributed by atoms with Crippen LogP contribution < -0.4 is 29.7 Å². The Balaban J connectivity index is 1.18. The molecular weight excluding hydrogens is 542 g/mol. The quantitative estimate of drug-likeness (QED) is 0.360. The van der Waals surface area contributed by atoms with E-state index in [2.05, 4.69) is 50.3 Å². The zero-order valence-corrected chi connectivity index (χ0v) is 24.9. The van der Waals surface area contributed by atoms with Crippen LogP contribution >= 0.6 is 0 Å². The van der Waals surface area contributed by atoms with Gasteiger partial charge in [0.15, 0.2) is 17.3 Å². The fourth-order valence-corrected chi connectivity index (χ4v) is 5.98. The molecule has 0 unspecified atom stereocenters. The molecule has 0 amide bonds. The molecular formula is C31H40F2N6O3. The molecule has 0 bridgehead atoms. The number of methoxy groups -OCH3 is 2. The molecule has 2 fully saturated rings. The van der Waals surface area contributed by atoms with Crippen LogP contribution in [0.5, 0.6) is 17.2 Å². The molecule has 5 rings (SSSR count). The molecule has 3 heterocycles. The summed E-state index contributed by atoms with van der Waals surface area (Å²) in [5, 5.41) is 6.81. The van der Waals surface area contributed by atoms with Gasteiger partial charge in [-0.1, -0.05) is 0 Å². The molecule has 1 aromatic heterocycles. The Morgan fingerprint density at radius 2 is 1.62 bits per heavy atom. The van der Waals surface area contributed by atoms with Crippen LogP contribution in [-0.4, -0.2) is 73.4 Å². The van der Waals surface area contributed by atoms with E-state index in [9.17, 15) is 8.78 Å². The number of nitrogens with one attached hydrogen (secondary N) is 2. The van der Waals surface area contributed by atoms with Gasteiger partial charge in [0.2, 0.25) is 5.95 Å². The summed E-state index contributed by atoms with van der Waals surface area (Å²) in [6.07, 6.45) is 5.16. The molecule has 42 heavy (non-hydrogen) atoms. The highest BCUT2D eigenvalue weighted by molar-refractivity contribution is 5.67. The average molecular weight is 583 g/mol. The Labute approximate surface area is 246 Å². The summed E-state index contributed by atoms with van der Waals surface area (Å²) in [5.41, 5.74) is 1.91. The molecule has 2 N–H and O–H groups in total. The van der Waals surface area contributed by atoms with Crippen LogP contribution in [0, 0.1) is 18.6 Å². The molecule has 0 aliphatic carbocycles. The second-order valence-corrected chi connectivity index (χ2v) is 11.2. The van der Waals surface area contributed by atoms with Crippen molar-refractivity contribution in [2.45, 2.75) is 58.3 Å². The molecule has 2 aliphatic heterocycles. The number of nitrogens with zero attached hydrogens (tertiary/aromatic N) is 4. The van der Waals surface area contributed by atoms with Crippen LogP contribution in [0.25, 0.3) is 0 Å². The number of halogens is 2. The van der Waals surface area contributed by atoms with E-state index in [0.717, 1.165) is 56.1 Å². The standard InChI is InChI=1S/C31H40F2N6O3/c1-19-12-28(41-5)30(33)25(29(19)32)18-42-24-14-34-31(35-15-24)37-22-6-7-26(27(13-22)40-4)38-10-8-23(9-11-38)39-16-20(2)36-21(3)17-39/h6-7,12-15,20-21,23,36H,8-11,16-18H2,1-5H3,(H,34,35,37)/t20-,21+. The number of aromatic nitrogens is 2. The third-order valence-electron chi connectivity index (χ3n) is 8.01. The van der Waals surface area contributed by atoms with E-state index in [1.165, 1.54) is 25.6 Å². The summed E-state index contributed by atoms with van der Waals surface area (Å²) < 4.78 is 45.3. The second-order valence-electron chi connectivity index (χ2n) is 11.2. The summed E-state index contributed by atoms with van der Waals surface area (Å²) >= 11 is 0. The van der Waals surface area contributed by atoms with Crippen molar-refractivity contribution in [1.82, 2.24) is 20.2 Å². The van der Waals surface area contributed by atoms with Crippen LogP contribution in [0.2, 0.25) is 0 Å². The van der Waals surface area contributed by atoms with Crippen LogP contribution in [-0.2, 0) is 6.61 Å². The van der Waals surface area contributed by atoms with Gasteiger partial charge in [0.1, 0.15) is 18.2 Å². The zero-order valence-electron chi connectivity index (χ0n) is 24.9. The fraction of sp³-hybridized carbons (Fsp3) is 0.484. The molecule has 3 aromatic rings.